The van der Waals surface area contributed by atoms with E-state index in [9.17, 15) is 0 Å². The van der Waals surface area contributed by atoms with Crippen molar-refractivity contribution >= 4 is 23.1 Å². The molecule has 0 fully saturated rings. The monoisotopic (exact) mass is 266 g/mol. The van der Waals surface area contributed by atoms with Crippen LogP contribution in [0.4, 0.5) is 5.82 Å². The molecule has 0 saturated carbocycles. The predicted molar refractivity (Wildman–Crippen MR) is 75.3 cm³/mol. The van der Waals surface area contributed by atoms with Crippen molar-refractivity contribution in [3.8, 4) is 0 Å². The fourth-order valence-corrected chi connectivity index (χ4v) is 2.43. The number of hydrogen-bond acceptors (Lipinski definition) is 3. The van der Waals surface area contributed by atoms with Gasteiger partial charge in [-0.1, -0.05) is 13.8 Å². The van der Waals surface area contributed by atoms with Crippen LogP contribution in [-0.4, -0.2) is 26.5 Å². The second kappa shape index (κ2) is 5.57. The van der Waals surface area contributed by atoms with Gasteiger partial charge in [-0.3, -0.25) is 0 Å². The zero-order valence-electron chi connectivity index (χ0n) is 11.0. The number of alkyl halides is 1. The molecule has 0 aliphatic rings. The highest BCUT2D eigenvalue weighted by Gasteiger charge is 2.09. The number of hydrogen-bond donors (Lipinski definition) is 1. The Labute approximate surface area is 112 Å². The van der Waals surface area contributed by atoms with Crippen LogP contribution in [0.2, 0.25) is 0 Å². The standard InChI is InChI=1S/C13H19ClN4/c1-9(2)4-11(14)7-15-12-5-10(3)6-13-16-8-17-18(12)13/h5-6,8-9,11,15H,4,7H2,1-3H3. The molecule has 0 radical (unpaired) electrons. The molecule has 1 unspecified atom stereocenters. The van der Waals surface area contributed by atoms with Gasteiger partial charge < -0.3 is 5.32 Å². The van der Waals surface area contributed by atoms with Gasteiger partial charge in [-0.05, 0) is 37.0 Å². The van der Waals surface area contributed by atoms with E-state index in [0.29, 0.717) is 5.92 Å². The Morgan fingerprint density at radius 2 is 2.17 bits per heavy atom. The van der Waals surface area contributed by atoms with Gasteiger partial charge in [-0.2, -0.15) is 9.61 Å². The van der Waals surface area contributed by atoms with E-state index in [-0.39, 0.29) is 5.38 Å². The Morgan fingerprint density at radius 3 is 2.89 bits per heavy atom. The highest BCUT2D eigenvalue weighted by atomic mass is 35.5. The number of aryl methyl sites for hydroxylation is 1. The molecule has 0 aliphatic heterocycles. The summed E-state index contributed by atoms with van der Waals surface area (Å²) in [5, 5.41) is 7.68. The summed E-state index contributed by atoms with van der Waals surface area (Å²) in [6, 6.07) is 4.06. The first-order valence-electron chi connectivity index (χ1n) is 6.24. The SMILES string of the molecule is Cc1cc(NCC(Cl)CC(C)C)n2ncnc2c1. The van der Waals surface area contributed by atoms with Crippen molar-refractivity contribution in [2.75, 3.05) is 11.9 Å². The van der Waals surface area contributed by atoms with Crippen molar-refractivity contribution in [3.05, 3.63) is 24.0 Å². The summed E-state index contributed by atoms with van der Waals surface area (Å²) in [4.78, 5) is 4.19. The van der Waals surface area contributed by atoms with Gasteiger partial charge in [0.15, 0.2) is 5.65 Å². The molecule has 18 heavy (non-hydrogen) atoms. The van der Waals surface area contributed by atoms with Gasteiger partial charge in [0.2, 0.25) is 0 Å². The van der Waals surface area contributed by atoms with Crippen LogP contribution in [0.3, 0.4) is 0 Å². The van der Waals surface area contributed by atoms with Crippen LogP contribution in [0.25, 0.3) is 5.65 Å². The highest BCUT2D eigenvalue weighted by molar-refractivity contribution is 6.20. The quantitative estimate of drug-likeness (QED) is 0.846. The van der Waals surface area contributed by atoms with E-state index >= 15 is 0 Å². The second-order valence-corrected chi connectivity index (χ2v) is 5.67. The molecule has 2 rings (SSSR count). The lowest BCUT2D eigenvalue weighted by molar-refractivity contribution is 0.571. The Bertz CT molecular complexity index is 521. The van der Waals surface area contributed by atoms with Gasteiger partial charge >= 0.3 is 0 Å². The summed E-state index contributed by atoms with van der Waals surface area (Å²) in [5.41, 5.74) is 2.01. The summed E-state index contributed by atoms with van der Waals surface area (Å²) < 4.78 is 1.80. The minimum absolute atomic E-state index is 0.129. The Balaban J connectivity index is 2.09. The molecule has 0 bridgehead atoms. The lowest BCUT2D eigenvalue weighted by Crippen LogP contribution is -2.18. The third-order valence-electron chi connectivity index (χ3n) is 2.76. The van der Waals surface area contributed by atoms with Crippen molar-refractivity contribution in [1.82, 2.24) is 14.6 Å². The fourth-order valence-electron chi connectivity index (χ4n) is 1.99. The van der Waals surface area contributed by atoms with E-state index in [4.69, 9.17) is 11.6 Å². The molecule has 1 N–H and O–H groups in total. The van der Waals surface area contributed by atoms with E-state index in [1.54, 1.807) is 10.8 Å². The van der Waals surface area contributed by atoms with Crippen LogP contribution in [0.15, 0.2) is 18.5 Å². The number of pyridine rings is 1. The minimum atomic E-state index is 0.129. The normalized spacial score (nSPS) is 13.2. The van der Waals surface area contributed by atoms with Crippen molar-refractivity contribution in [1.29, 1.82) is 0 Å². The third-order valence-corrected chi connectivity index (χ3v) is 3.09. The van der Waals surface area contributed by atoms with Crippen molar-refractivity contribution in [2.45, 2.75) is 32.6 Å². The summed E-state index contributed by atoms with van der Waals surface area (Å²) in [6.07, 6.45) is 2.56. The highest BCUT2D eigenvalue weighted by Crippen LogP contribution is 2.15. The Morgan fingerprint density at radius 1 is 1.39 bits per heavy atom. The zero-order chi connectivity index (χ0) is 13.1. The molecular weight excluding hydrogens is 248 g/mol. The Kier molecular flexibility index (Phi) is 4.07. The van der Waals surface area contributed by atoms with Gasteiger partial charge in [0, 0.05) is 6.54 Å². The molecule has 5 heteroatoms. The molecule has 0 saturated heterocycles. The summed E-state index contributed by atoms with van der Waals surface area (Å²) in [6.45, 7) is 7.14. The largest absolute Gasteiger partial charge is 0.368 e. The van der Waals surface area contributed by atoms with Gasteiger partial charge in [0.25, 0.3) is 0 Å². The number of rotatable bonds is 5. The average molecular weight is 267 g/mol. The van der Waals surface area contributed by atoms with E-state index in [0.717, 1.165) is 30.0 Å². The van der Waals surface area contributed by atoms with Crippen molar-refractivity contribution in [2.24, 2.45) is 5.92 Å². The predicted octanol–water partition coefficient (Wildman–Crippen LogP) is 3.10. The molecule has 0 spiro atoms. The molecule has 2 aromatic rings. The topological polar surface area (TPSA) is 42.2 Å². The van der Waals surface area contributed by atoms with E-state index in [2.05, 4.69) is 35.3 Å². The molecule has 0 aromatic carbocycles. The molecule has 2 heterocycles. The van der Waals surface area contributed by atoms with E-state index in [1.807, 2.05) is 13.0 Å². The van der Waals surface area contributed by atoms with Crippen LogP contribution < -0.4 is 5.32 Å². The molecule has 98 valence electrons. The van der Waals surface area contributed by atoms with E-state index in [1.165, 1.54) is 0 Å². The van der Waals surface area contributed by atoms with Crippen molar-refractivity contribution < 1.29 is 0 Å². The number of halogens is 1. The van der Waals surface area contributed by atoms with Gasteiger partial charge in [0.05, 0.1) is 5.38 Å². The van der Waals surface area contributed by atoms with Crippen LogP contribution in [0.1, 0.15) is 25.8 Å². The Hall–Kier alpha value is -1.29. The summed E-state index contributed by atoms with van der Waals surface area (Å²) >= 11 is 6.28. The van der Waals surface area contributed by atoms with Gasteiger partial charge in [-0.15, -0.1) is 11.6 Å². The number of aromatic nitrogens is 3. The van der Waals surface area contributed by atoms with Gasteiger partial charge in [-0.25, -0.2) is 4.98 Å². The molecular formula is C13H19ClN4. The molecule has 2 aromatic heterocycles. The molecule has 0 aliphatic carbocycles. The van der Waals surface area contributed by atoms with Crippen LogP contribution in [0, 0.1) is 12.8 Å². The average Bonchev–Trinajstić information content (AvgIpc) is 2.72. The number of nitrogens with zero attached hydrogens (tertiary/aromatic N) is 3. The maximum absolute atomic E-state index is 6.28. The van der Waals surface area contributed by atoms with Crippen LogP contribution >= 0.6 is 11.6 Å². The summed E-state index contributed by atoms with van der Waals surface area (Å²) in [5.74, 6) is 1.55. The van der Waals surface area contributed by atoms with Crippen LogP contribution in [0.5, 0.6) is 0 Å². The number of nitrogens with one attached hydrogen (secondary N) is 1. The maximum atomic E-state index is 6.28. The van der Waals surface area contributed by atoms with Gasteiger partial charge in [0.1, 0.15) is 12.1 Å². The number of fused-ring (bicyclic) bond motifs is 1. The third kappa shape index (κ3) is 3.13. The van der Waals surface area contributed by atoms with Crippen LogP contribution in [-0.2, 0) is 0 Å². The first kappa shape index (κ1) is 13.1. The van der Waals surface area contributed by atoms with Crippen molar-refractivity contribution in [3.63, 3.8) is 0 Å². The smallest absolute Gasteiger partial charge is 0.157 e. The van der Waals surface area contributed by atoms with E-state index < -0.39 is 0 Å². The minimum Gasteiger partial charge on any atom is -0.368 e. The maximum Gasteiger partial charge on any atom is 0.157 e. The number of anilines is 1. The lowest BCUT2D eigenvalue weighted by atomic mass is 10.1. The molecule has 4 nitrogen and oxygen atoms in total. The molecule has 1 atom stereocenters. The first-order chi connectivity index (χ1) is 8.56. The second-order valence-electron chi connectivity index (χ2n) is 5.06. The fraction of sp³-hybridized carbons (Fsp3) is 0.538. The lowest BCUT2D eigenvalue weighted by Gasteiger charge is -2.14. The molecule has 0 amide bonds. The summed E-state index contributed by atoms with van der Waals surface area (Å²) in [7, 11) is 0. The zero-order valence-corrected chi connectivity index (χ0v) is 11.8. The first-order valence-corrected chi connectivity index (χ1v) is 6.68.